The van der Waals surface area contributed by atoms with E-state index >= 15 is 0 Å². The van der Waals surface area contributed by atoms with Gasteiger partial charge in [-0.05, 0) is 55.2 Å². The Bertz CT molecular complexity index is 631. The van der Waals surface area contributed by atoms with Gasteiger partial charge in [0.15, 0.2) is 0 Å². The van der Waals surface area contributed by atoms with Crippen LogP contribution in [0.3, 0.4) is 0 Å². The van der Waals surface area contributed by atoms with Crippen molar-refractivity contribution < 1.29 is 9.53 Å². The van der Waals surface area contributed by atoms with Gasteiger partial charge in [-0.3, -0.25) is 0 Å². The number of hydrogen-bond acceptors (Lipinski definition) is 2. The van der Waals surface area contributed by atoms with Crippen molar-refractivity contribution >= 4 is 28.7 Å². The number of benzene rings is 1. The molecule has 0 amide bonds. The Hall–Kier alpha value is -1.98. The molecule has 0 heterocycles. The first-order chi connectivity index (χ1) is 9.46. The minimum atomic E-state index is -0.510. The summed E-state index contributed by atoms with van der Waals surface area (Å²) in [7, 11) is 1.31. The molecule has 0 fully saturated rings. The molecule has 0 aromatic heterocycles. The summed E-state index contributed by atoms with van der Waals surface area (Å²) >= 11 is 6.05. The summed E-state index contributed by atoms with van der Waals surface area (Å²) in [6.45, 7) is 5.74. The first-order valence-electron chi connectivity index (χ1n) is 6.15. The van der Waals surface area contributed by atoms with Crippen LogP contribution < -0.4 is 0 Å². The fourth-order valence-corrected chi connectivity index (χ4v) is 2.05. The molecule has 1 aromatic rings. The minimum absolute atomic E-state index is 0.222. The van der Waals surface area contributed by atoms with Crippen molar-refractivity contribution in [1.82, 2.24) is 0 Å². The molecule has 1 rings (SSSR count). The van der Waals surface area contributed by atoms with Crippen molar-refractivity contribution in [2.75, 3.05) is 7.11 Å². The van der Waals surface area contributed by atoms with Gasteiger partial charge in [-0.25, -0.2) is 4.79 Å². The largest absolute Gasteiger partial charge is 0.465 e. The van der Waals surface area contributed by atoms with E-state index in [-0.39, 0.29) is 5.57 Å². The van der Waals surface area contributed by atoms with Gasteiger partial charge in [0.05, 0.1) is 7.11 Å². The van der Waals surface area contributed by atoms with Gasteiger partial charge in [0, 0.05) is 5.02 Å². The van der Waals surface area contributed by atoms with E-state index in [0.29, 0.717) is 10.6 Å². The molecule has 0 N–H and O–H groups in total. The zero-order valence-electron chi connectivity index (χ0n) is 12.1. The predicted molar refractivity (Wildman–Crippen MR) is 84.2 cm³/mol. The zero-order chi connectivity index (χ0) is 15.3. The van der Waals surface area contributed by atoms with Crippen LogP contribution in [0.2, 0.25) is 5.02 Å². The van der Waals surface area contributed by atoms with Crippen LogP contribution in [0.4, 0.5) is 0 Å². The van der Waals surface area contributed by atoms with Crippen LogP contribution in [-0.4, -0.2) is 13.1 Å². The number of rotatable bonds is 3. The topological polar surface area (TPSA) is 26.3 Å². The molecule has 0 aliphatic rings. The number of carbonyl (C=O) groups is 1. The average molecular weight is 289 g/mol. The lowest BCUT2D eigenvalue weighted by atomic mass is 9.93. The smallest absolute Gasteiger partial charge is 0.346 e. The van der Waals surface area contributed by atoms with Gasteiger partial charge >= 0.3 is 5.97 Å². The lowest BCUT2D eigenvalue weighted by Crippen LogP contribution is -2.06. The Morgan fingerprint density at radius 3 is 2.50 bits per heavy atom. The molecule has 0 bridgehead atoms. The quantitative estimate of drug-likeness (QED) is 0.470. The summed E-state index contributed by atoms with van der Waals surface area (Å²) in [5.41, 5.74) is 3.81. The van der Waals surface area contributed by atoms with Crippen molar-refractivity contribution in [1.29, 1.82) is 0 Å². The Morgan fingerprint density at radius 2 is 2.00 bits per heavy atom. The molecular formula is C17H17ClO2. The maximum atomic E-state index is 11.7. The van der Waals surface area contributed by atoms with E-state index in [2.05, 4.69) is 5.92 Å². The van der Waals surface area contributed by atoms with Gasteiger partial charge in [-0.2, -0.15) is 0 Å². The van der Waals surface area contributed by atoms with Crippen molar-refractivity contribution in [3.8, 4) is 12.3 Å². The molecule has 2 nitrogen and oxygen atoms in total. The Labute approximate surface area is 125 Å². The molecule has 104 valence electrons. The standard InChI is InChI=1S/C17H17ClO2/c1-6-11(3)16-10-13(18)8-9-15(16)12(4)14(7-2)17(19)20-5/h2,6,8-10H,1,3-5H3/b11-6-,14-12+. The summed E-state index contributed by atoms with van der Waals surface area (Å²) in [5.74, 6) is 1.89. The molecule has 0 saturated carbocycles. The van der Waals surface area contributed by atoms with Crippen LogP contribution in [0.25, 0.3) is 11.1 Å². The van der Waals surface area contributed by atoms with E-state index in [4.69, 9.17) is 22.8 Å². The number of hydrogen-bond donors (Lipinski definition) is 0. The molecule has 0 spiro atoms. The normalized spacial score (nSPS) is 12.5. The van der Waals surface area contributed by atoms with E-state index < -0.39 is 5.97 Å². The van der Waals surface area contributed by atoms with E-state index in [9.17, 15) is 4.79 Å². The summed E-state index contributed by atoms with van der Waals surface area (Å²) < 4.78 is 4.72. The van der Waals surface area contributed by atoms with E-state index in [1.165, 1.54) is 7.11 Å². The monoisotopic (exact) mass is 288 g/mol. The highest BCUT2D eigenvalue weighted by Gasteiger charge is 2.15. The molecule has 0 radical (unpaired) electrons. The highest BCUT2D eigenvalue weighted by atomic mass is 35.5. The van der Waals surface area contributed by atoms with Crippen molar-refractivity contribution in [2.24, 2.45) is 0 Å². The number of ether oxygens (including phenoxy) is 1. The Kier molecular flexibility index (Phi) is 5.61. The fraction of sp³-hybridized carbons (Fsp3) is 0.235. The lowest BCUT2D eigenvalue weighted by Gasteiger charge is -2.13. The maximum absolute atomic E-state index is 11.7. The van der Waals surface area contributed by atoms with E-state index in [1.807, 2.05) is 39.0 Å². The number of allylic oxidation sites excluding steroid dienone is 3. The third-order valence-corrected chi connectivity index (χ3v) is 3.39. The van der Waals surface area contributed by atoms with Crippen molar-refractivity contribution in [3.63, 3.8) is 0 Å². The number of methoxy groups -OCH3 is 1. The highest BCUT2D eigenvalue weighted by Crippen LogP contribution is 2.30. The van der Waals surface area contributed by atoms with Gasteiger partial charge in [0.1, 0.15) is 5.57 Å². The number of esters is 1. The second-order valence-corrected chi connectivity index (χ2v) is 4.73. The molecule has 0 unspecified atom stereocenters. The van der Waals surface area contributed by atoms with Gasteiger partial charge < -0.3 is 4.74 Å². The van der Waals surface area contributed by atoms with Crippen molar-refractivity contribution in [2.45, 2.75) is 20.8 Å². The van der Waals surface area contributed by atoms with E-state index in [1.54, 1.807) is 6.07 Å². The van der Waals surface area contributed by atoms with Gasteiger partial charge in [0.25, 0.3) is 0 Å². The lowest BCUT2D eigenvalue weighted by molar-refractivity contribution is -0.135. The van der Waals surface area contributed by atoms with Gasteiger partial charge in [-0.1, -0.05) is 29.7 Å². The first kappa shape index (κ1) is 16.1. The summed E-state index contributed by atoms with van der Waals surface area (Å²) in [6, 6.07) is 5.50. The second-order valence-electron chi connectivity index (χ2n) is 4.30. The highest BCUT2D eigenvalue weighted by molar-refractivity contribution is 6.30. The van der Waals surface area contributed by atoms with Crippen LogP contribution in [-0.2, 0) is 9.53 Å². The predicted octanol–water partition coefficient (Wildman–Crippen LogP) is 4.34. The molecule has 1 aromatic carbocycles. The van der Waals surface area contributed by atoms with Crippen LogP contribution in [0, 0.1) is 12.3 Å². The van der Waals surface area contributed by atoms with Crippen molar-refractivity contribution in [3.05, 3.63) is 46.0 Å². The molecule has 0 aliphatic carbocycles. The molecule has 20 heavy (non-hydrogen) atoms. The third kappa shape index (κ3) is 3.31. The molecule has 0 aliphatic heterocycles. The first-order valence-corrected chi connectivity index (χ1v) is 6.53. The summed E-state index contributed by atoms with van der Waals surface area (Å²) in [6.07, 6.45) is 7.41. The van der Waals surface area contributed by atoms with E-state index in [0.717, 1.165) is 16.7 Å². The fourth-order valence-electron chi connectivity index (χ4n) is 1.88. The number of terminal acetylenes is 1. The van der Waals surface area contributed by atoms with Crippen LogP contribution >= 0.6 is 11.6 Å². The second kappa shape index (κ2) is 6.98. The Balaban J connectivity index is 3.58. The average Bonchev–Trinajstić information content (AvgIpc) is 2.46. The van der Waals surface area contributed by atoms with Crippen LogP contribution in [0.1, 0.15) is 31.9 Å². The summed E-state index contributed by atoms with van der Waals surface area (Å²) in [5, 5.41) is 0.637. The zero-order valence-corrected chi connectivity index (χ0v) is 12.8. The van der Waals surface area contributed by atoms with Gasteiger partial charge in [-0.15, -0.1) is 6.42 Å². The molecule has 0 saturated heterocycles. The number of halogens is 1. The Morgan fingerprint density at radius 1 is 1.35 bits per heavy atom. The number of carbonyl (C=O) groups excluding carboxylic acids is 1. The van der Waals surface area contributed by atoms with Gasteiger partial charge in [0.2, 0.25) is 0 Å². The van der Waals surface area contributed by atoms with Crippen LogP contribution in [0.5, 0.6) is 0 Å². The summed E-state index contributed by atoms with van der Waals surface area (Å²) in [4.78, 5) is 11.7. The SMILES string of the molecule is C#C/C(C(=O)OC)=C(/C)c1ccc(Cl)cc1/C(C)=C\C. The van der Waals surface area contributed by atoms with Crippen LogP contribution in [0.15, 0.2) is 29.8 Å². The minimum Gasteiger partial charge on any atom is -0.465 e. The molecular weight excluding hydrogens is 272 g/mol. The molecule has 3 heteroatoms. The maximum Gasteiger partial charge on any atom is 0.346 e. The third-order valence-electron chi connectivity index (χ3n) is 3.15. The molecule has 0 atom stereocenters.